The minimum atomic E-state index is -2.47. The van der Waals surface area contributed by atoms with E-state index >= 15 is 0 Å². The second kappa shape index (κ2) is 12.0. The number of hydrogen-bond acceptors (Lipinski definition) is 7. The third-order valence-corrected chi connectivity index (χ3v) is 16.6. The van der Waals surface area contributed by atoms with Crippen molar-refractivity contribution >= 4 is 33.9 Å². The van der Waals surface area contributed by atoms with E-state index in [1.54, 1.807) is 6.07 Å². The first kappa shape index (κ1) is 33.0. The molecule has 0 amide bonds. The molecule has 2 aromatic carbocycles. The van der Waals surface area contributed by atoms with Gasteiger partial charge < -0.3 is 19.3 Å². The number of nitriles is 1. The van der Waals surface area contributed by atoms with Crippen molar-refractivity contribution in [2.75, 3.05) is 5.32 Å². The Hall–Kier alpha value is -2.49. The number of aromatic nitrogens is 2. The second-order valence-electron chi connectivity index (χ2n) is 13.7. The van der Waals surface area contributed by atoms with Crippen molar-refractivity contribution in [1.29, 1.82) is 5.26 Å². The molecule has 3 N–H and O–H groups in total. The Kier molecular flexibility index (Phi) is 9.68. The fourth-order valence-corrected chi connectivity index (χ4v) is 6.40. The van der Waals surface area contributed by atoms with Gasteiger partial charge in [-0.05, 0) is 97.3 Å². The summed E-state index contributed by atoms with van der Waals surface area (Å²) >= 11 is 6.49. The van der Waals surface area contributed by atoms with E-state index in [9.17, 15) is 14.9 Å². The van der Waals surface area contributed by atoms with E-state index in [1.807, 2.05) is 51.3 Å². The molecule has 222 valence electrons. The molecule has 1 aromatic heterocycles. The van der Waals surface area contributed by atoms with E-state index in [0.29, 0.717) is 22.4 Å². The number of nitrogens with zero attached hydrogens (tertiary/aromatic N) is 3. The van der Waals surface area contributed by atoms with Crippen LogP contribution >= 0.6 is 11.6 Å². The second-order valence-corrected chi connectivity index (χ2v) is 23.0. The number of rotatable bonds is 11. The third kappa shape index (κ3) is 7.48. The van der Waals surface area contributed by atoms with E-state index in [1.165, 1.54) is 0 Å². The number of anilines is 1. The summed E-state index contributed by atoms with van der Waals surface area (Å²) in [5, 5.41) is 21.8. The van der Waals surface area contributed by atoms with E-state index in [2.05, 4.69) is 68.3 Å². The van der Waals surface area contributed by atoms with Gasteiger partial charge in [-0.1, -0.05) is 58.4 Å². The summed E-state index contributed by atoms with van der Waals surface area (Å²) in [5.41, 5.74) is 3.89. The van der Waals surface area contributed by atoms with E-state index in [-0.39, 0.29) is 22.0 Å². The predicted octanol–water partition coefficient (Wildman–Crippen LogP) is 8.25. The highest BCUT2D eigenvalue weighted by Gasteiger charge is 2.41. The molecule has 0 bridgehead atoms. The Morgan fingerprint density at radius 1 is 1.02 bits per heavy atom. The molecule has 0 unspecified atom stereocenters. The van der Waals surface area contributed by atoms with E-state index < -0.39 is 16.6 Å². The van der Waals surface area contributed by atoms with Crippen molar-refractivity contribution in [1.82, 2.24) is 10.2 Å². The highest BCUT2D eigenvalue weighted by molar-refractivity contribution is 6.73. The molecule has 7 nitrogen and oxygen atoms in total. The maximum absolute atomic E-state index is 11.0. The zero-order chi connectivity index (χ0) is 31.0. The van der Waals surface area contributed by atoms with Crippen LogP contribution in [-0.2, 0) is 6.42 Å². The Bertz CT molecular complexity index is 1420. The molecule has 0 aliphatic rings. The number of nitrogens with one attached hydrogen (secondary N) is 1. The summed E-state index contributed by atoms with van der Waals surface area (Å²) < 4.78 is 6.33. The van der Waals surface area contributed by atoms with E-state index in [0.717, 1.165) is 35.2 Å². The first-order valence-corrected chi connectivity index (χ1v) is 20.4. The number of halogens is 1. The highest BCUT2D eigenvalue weighted by Crippen LogP contribution is 2.45. The molecule has 0 aliphatic carbocycles. The zero-order valence-electron chi connectivity index (χ0n) is 26.1. The monoisotopic (exact) mass is 612 g/mol. The molecule has 0 saturated carbocycles. The van der Waals surface area contributed by atoms with Crippen LogP contribution in [0.2, 0.25) is 41.3 Å². The number of benzene rings is 2. The van der Waals surface area contributed by atoms with Crippen LogP contribution in [0.3, 0.4) is 0 Å². The minimum Gasteiger partial charge on any atom is -0.432 e. The van der Waals surface area contributed by atoms with Gasteiger partial charge in [0.2, 0.25) is 11.8 Å². The van der Waals surface area contributed by atoms with Crippen molar-refractivity contribution in [3.8, 4) is 17.5 Å². The van der Waals surface area contributed by atoms with E-state index in [4.69, 9.17) is 16.0 Å². The van der Waals surface area contributed by atoms with Gasteiger partial charge in [0.25, 0.3) is 0 Å². The van der Waals surface area contributed by atoms with Gasteiger partial charge in [0.05, 0.1) is 10.6 Å². The molecular weight excluding hydrogens is 568 g/mol. The van der Waals surface area contributed by atoms with Crippen molar-refractivity contribution in [2.24, 2.45) is 5.92 Å². The molecule has 1 heterocycles. The minimum absolute atomic E-state index is 0.00919. The SMILES string of the molecule is Cc1c(N[C@@H](c2nnc(-c3cccc(CC(C)(C)[Si](C)(C)O)c3)o2)[C@H](C)CC(C)(C)[Si](C)(C)O)ccc(C#N)c1Cl. The van der Waals surface area contributed by atoms with Crippen molar-refractivity contribution in [3.63, 3.8) is 0 Å². The fraction of sp³-hybridized carbons (Fsp3) is 0.516. The van der Waals surface area contributed by atoms with Gasteiger partial charge in [-0.25, -0.2) is 0 Å². The van der Waals surface area contributed by atoms with Crippen molar-refractivity contribution in [3.05, 3.63) is 64.0 Å². The molecular formula is C31H45ClN4O3Si2. The molecule has 0 spiro atoms. The Labute approximate surface area is 252 Å². The first-order chi connectivity index (χ1) is 18.8. The van der Waals surface area contributed by atoms with Gasteiger partial charge in [0.15, 0.2) is 16.6 Å². The van der Waals surface area contributed by atoms with Gasteiger partial charge in [-0.15, -0.1) is 10.2 Å². The van der Waals surface area contributed by atoms with Gasteiger partial charge in [0, 0.05) is 11.3 Å². The quantitative estimate of drug-likeness (QED) is 0.187. The third-order valence-electron chi connectivity index (χ3n) is 9.06. The van der Waals surface area contributed by atoms with Crippen LogP contribution in [0, 0.1) is 24.2 Å². The smallest absolute Gasteiger partial charge is 0.247 e. The molecule has 0 aliphatic heterocycles. The van der Waals surface area contributed by atoms with Crippen LogP contribution in [0.15, 0.2) is 40.8 Å². The number of hydrogen-bond donors (Lipinski definition) is 3. The summed E-state index contributed by atoms with van der Waals surface area (Å²) in [5.74, 6) is 0.870. The average molecular weight is 613 g/mol. The van der Waals surface area contributed by atoms with Gasteiger partial charge in [-0.2, -0.15) is 5.26 Å². The molecule has 3 rings (SSSR count). The maximum atomic E-state index is 11.0. The van der Waals surface area contributed by atoms with Crippen LogP contribution in [0.4, 0.5) is 5.69 Å². The van der Waals surface area contributed by atoms with Gasteiger partial charge in [0.1, 0.15) is 12.1 Å². The molecule has 0 saturated heterocycles. The standard InChI is InChI=1S/C31H45ClN4O3Si2/c1-20(17-30(3,4)40(7,8)37)27(34-25-15-14-24(19-33)26(32)21(25)2)29-36-35-28(39-29)23-13-11-12-22(16-23)18-31(5,6)41(9,10)38/h11-16,20,27,34,37-38H,17-18H2,1-10H3/t20-,27-/m1/s1. The normalized spacial score (nSPS) is 14.4. The Morgan fingerprint density at radius 3 is 2.24 bits per heavy atom. The lowest BCUT2D eigenvalue weighted by Gasteiger charge is -2.38. The summed E-state index contributed by atoms with van der Waals surface area (Å²) in [6.45, 7) is 20.3. The maximum Gasteiger partial charge on any atom is 0.247 e. The van der Waals surface area contributed by atoms with Crippen molar-refractivity contribution in [2.45, 2.75) is 96.7 Å². The van der Waals surface area contributed by atoms with Crippen LogP contribution in [0.25, 0.3) is 11.5 Å². The largest absolute Gasteiger partial charge is 0.432 e. The zero-order valence-corrected chi connectivity index (χ0v) is 28.8. The highest BCUT2D eigenvalue weighted by atomic mass is 35.5. The summed E-state index contributed by atoms with van der Waals surface area (Å²) in [6.07, 6.45) is 1.47. The van der Waals surface area contributed by atoms with Crippen LogP contribution in [0.5, 0.6) is 0 Å². The predicted molar refractivity (Wildman–Crippen MR) is 172 cm³/mol. The topological polar surface area (TPSA) is 115 Å². The Balaban J connectivity index is 2.00. The molecule has 41 heavy (non-hydrogen) atoms. The molecule has 3 aromatic rings. The summed E-state index contributed by atoms with van der Waals surface area (Å²) in [7, 11) is -4.85. The molecule has 0 radical (unpaired) electrons. The summed E-state index contributed by atoms with van der Waals surface area (Å²) in [4.78, 5) is 21.8. The Morgan fingerprint density at radius 2 is 1.66 bits per heavy atom. The van der Waals surface area contributed by atoms with Gasteiger partial charge >= 0.3 is 0 Å². The lowest BCUT2D eigenvalue weighted by atomic mass is 9.90. The summed E-state index contributed by atoms with van der Waals surface area (Å²) in [6, 6.07) is 13.4. The van der Waals surface area contributed by atoms with Gasteiger partial charge in [-0.3, -0.25) is 0 Å². The lowest BCUT2D eigenvalue weighted by molar-refractivity contribution is 0.330. The first-order valence-electron chi connectivity index (χ1n) is 14.1. The molecule has 10 heteroatoms. The van der Waals surface area contributed by atoms with Crippen LogP contribution in [-0.4, -0.2) is 36.4 Å². The average Bonchev–Trinajstić information content (AvgIpc) is 3.33. The molecule has 2 atom stereocenters. The van der Waals surface area contributed by atoms with Crippen molar-refractivity contribution < 1.29 is 14.0 Å². The van der Waals surface area contributed by atoms with Crippen LogP contribution in [0.1, 0.15) is 69.7 Å². The molecule has 0 fully saturated rings. The fourth-order valence-electron chi connectivity index (χ4n) is 4.73. The lowest BCUT2D eigenvalue weighted by Crippen LogP contribution is -2.41. The van der Waals surface area contributed by atoms with Crippen LogP contribution < -0.4 is 5.32 Å².